The van der Waals surface area contributed by atoms with Crippen LogP contribution in [0.25, 0.3) is 0 Å². The van der Waals surface area contributed by atoms with Crippen molar-refractivity contribution >= 4 is 5.91 Å². The predicted molar refractivity (Wildman–Crippen MR) is 152 cm³/mol. The van der Waals surface area contributed by atoms with Gasteiger partial charge < -0.3 is 15.1 Å². The molecule has 2 aromatic rings. The zero-order valence-corrected chi connectivity index (χ0v) is 23.3. The number of amides is 1. The molecule has 0 aliphatic rings. The second kappa shape index (κ2) is 20.0. The summed E-state index contributed by atoms with van der Waals surface area (Å²) in [6, 6.07) is 17.1. The molecule has 1 amide bonds. The Morgan fingerprint density at radius 2 is 1.36 bits per heavy atom. The third-order valence-electron chi connectivity index (χ3n) is 6.44. The lowest BCUT2D eigenvalue weighted by Crippen LogP contribution is -2.21. The van der Waals surface area contributed by atoms with Crippen LogP contribution in [0.3, 0.4) is 0 Å². The first kappa shape index (κ1) is 31.9. The molecule has 0 fully saturated rings. The van der Waals surface area contributed by atoms with Gasteiger partial charge in [-0.05, 0) is 80.0 Å². The Hall–Kier alpha value is -2.17. The van der Waals surface area contributed by atoms with E-state index >= 15 is 0 Å². The number of aliphatic hydroxyl groups is 2. The smallest absolute Gasteiger partial charge is 0.222 e. The number of rotatable bonds is 16. The second-order valence-corrected chi connectivity index (χ2v) is 10.0. The van der Waals surface area contributed by atoms with Gasteiger partial charge in [0.05, 0.1) is 6.10 Å². The molecule has 0 radical (unpaired) electrons. The number of hydrogen-bond donors (Lipinski definition) is 2. The molecular weight excluding hydrogens is 446 g/mol. The monoisotopic (exact) mass is 497 g/mol. The molecule has 0 saturated carbocycles. The standard InChI is InChI=1S/C17H27NO2.C15H24O/c1-4-8-16(19)15-11-7-10-14(13-15)9-5-6-12-17(20)18(2)3;1-2-3-8-14-10-7-11-15(13-14)9-5-4-6-12-16/h7,10-11,13,16,19H,4-6,8-9,12H2,1-3H3;7,10-11,13,16H,2-6,8-9,12H2,1H3. The summed E-state index contributed by atoms with van der Waals surface area (Å²) in [5, 5.41) is 18.7. The third-order valence-corrected chi connectivity index (χ3v) is 6.44. The van der Waals surface area contributed by atoms with Gasteiger partial charge in [0.2, 0.25) is 5.91 Å². The SMILES string of the molecule is CCCC(O)c1cccc(CCCCC(=O)N(C)C)c1.CCCCc1cccc(CCCCCO)c1. The number of benzene rings is 2. The number of carbonyl (C=O) groups excluding carboxylic acids is 1. The quantitative estimate of drug-likeness (QED) is 0.244. The summed E-state index contributed by atoms with van der Waals surface area (Å²) in [6.07, 6.45) is 13.1. The van der Waals surface area contributed by atoms with Crippen LogP contribution in [0.1, 0.15) is 106 Å². The number of nitrogens with zero attached hydrogens (tertiary/aromatic N) is 1. The fourth-order valence-electron chi connectivity index (χ4n) is 4.16. The zero-order chi connectivity index (χ0) is 26.6. The normalized spacial score (nSPS) is 11.5. The van der Waals surface area contributed by atoms with Crippen molar-refractivity contribution in [3.05, 3.63) is 70.8 Å². The first-order chi connectivity index (χ1) is 17.4. The number of carbonyl (C=O) groups is 1. The number of unbranched alkanes of at least 4 members (excludes halogenated alkanes) is 4. The molecule has 0 saturated heterocycles. The van der Waals surface area contributed by atoms with Crippen LogP contribution < -0.4 is 0 Å². The Morgan fingerprint density at radius 3 is 1.94 bits per heavy atom. The molecule has 1 atom stereocenters. The van der Waals surface area contributed by atoms with Crippen LogP contribution in [-0.2, 0) is 24.1 Å². The van der Waals surface area contributed by atoms with Crippen LogP contribution in [0.2, 0.25) is 0 Å². The second-order valence-electron chi connectivity index (χ2n) is 10.0. The van der Waals surface area contributed by atoms with Gasteiger partial charge in [0.1, 0.15) is 0 Å². The molecule has 1 unspecified atom stereocenters. The average molecular weight is 498 g/mol. The lowest BCUT2D eigenvalue weighted by molar-refractivity contribution is -0.128. The Morgan fingerprint density at radius 1 is 0.778 bits per heavy atom. The predicted octanol–water partition coefficient (Wildman–Crippen LogP) is 7.06. The van der Waals surface area contributed by atoms with E-state index in [9.17, 15) is 9.90 Å². The Kier molecular flexibility index (Phi) is 17.7. The van der Waals surface area contributed by atoms with Crippen LogP contribution >= 0.6 is 0 Å². The first-order valence-electron chi connectivity index (χ1n) is 14.1. The van der Waals surface area contributed by atoms with Crippen molar-refractivity contribution in [1.82, 2.24) is 4.90 Å². The summed E-state index contributed by atoms with van der Waals surface area (Å²) in [7, 11) is 3.59. The van der Waals surface area contributed by atoms with Crippen LogP contribution in [-0.4, -0.2) is 41.7 Å². The fourth-order valence-corrected chi connectivity index (χ4v) is 4.16. The molecule has 4 heteroatoms. The maximum absolute atomic E-state index is 11.5. The van der Waals surface area contributed by atoms with Gasteiger partial charge in [-0.1, -0.05) is 81.6 Å². The molecule has 4 nitrogen and oxygen atoms in total. The maximum Gasteiger partial charge on any atom is 0.222 e. The lowest BCUT2D eigenvalue weighted by Gasteiger charge is -2.12. The summed E-state index contributed by atoms with van der Waals surface area (Å²) in [5.74, 6) is 0.192. The highest BCUT2D eigenvalue weighted by Crippen LogP contribution is 2.20. The Bertz CT molecular complexity index is 834. The van der Waals surface area contributed by atoms with Crippen molar-refractivity contribution in [3.63, 3.8) is 0 Å². The van der Waals surface area contributed by atoms with Crippen LogP contribution in [0, 0.1) is 0 Å². The fraction of sp³-hybridized carbons (Fsp3) is 0.594. The molecule has 2 rings (SSSR count). The van der Waals surface area contributed by atoms with Crippen molar-refractivity contribution in [1.29, 1.82) is 0 Å². The van der Waals surface area contributed by atoms with E-state index in [1.165, 1.54) is 42.4 Å². The Balaban J connectivity index is 0.000000369. The van der Waals surface area contributed by atoms with E-state index in [2.05, 4.69) is 50.2 Å². The van der Waals surface area contributed by atoms with Gasteiger partial charge in [-0.15, -0.1) is 0 Å². The highest BCUT2D eigenvalue weighted by molar-refractivity contribution is 5.75. The van der Waals surface area contributed by atoms with E-state index in [0.29, 0.717) is 13.0 Å². The summed E-state index contributed by atoms with van der Waals surface area (Å²) in [4.78, 5) is 13.1. The van der Waals surface area contributed by atoms with E-state index in [-0.39, 0.29) is 12.0 Å². The lowest BCUT2D eigenvalue weighted by atomic mass is 10.00. The van der Waals surface area contributed by atoms with Gasteiger partial charge in [0.15, 0.2) is 0 Å². The van der Waals surface area contributed by atoms with E-state index < -0.39 is 0 Å². The van der Waals surface area contributed by atoms with Gasteiger partial charge in [-0.3, -0.25) is 4.79 Å². The molecule has 0 aliphatic carbocycles. The maximum atomic E-state index is 11.5. The summed E-state index contributed by atoms with van der Waals surface area (Å²) in [6.45, 7) is 4.64. The van der Waals surface area contributed by atoms with Gasteiger partial charge in [0.25, 0.3) is 0 Å². The molecule has 0 heterocycles. The highest BCUT2D eigenvalue weighted by atomic mass is 16.3. The minimum Gasteiger partial charge on any atom is -0.396 e. The van der Waals surface area contributed by atoms with Crippen LogP contribution in [0.4, 0.5) is 0 Å². The summed E-state index contributed by atoms with van der Waals surface area (Å²) < 4.78 is 0. The van der Waals surface area contributed by atoms with Crippen LogP contribution in [0.5, 0.6) is 0 Å². The molecule has 0 spiro atoms. The van der Waals surface area contributed by atoms with E-state index in [1.807, 2.05) is 12.1 Å². The topological polar surface area (TPSA) is 60.8 Å². The third kappa shape index (κ3) is 14.4. The molecule has 0 bridgehead atoms. The van der Waals surface area contributed by atoms with Crippen molar-refractivity contribution in [2.45, 2.75) is 103 Å². The molecular formula is C32H51NO3. The van der Waals surface area contributed by atoms with Gasteiger partial charge in [-0.2, -0.15) is 0 Å². The van der Waals surface area contributed by atoms with E-state index in [1.54, 1.807) is 19.0 Å². The zero-order valence-electron chi connectivity index (χ0n) is 23.3. The average Bonchev–Trinajstić information content (AvgIpc) is 2.88. The minimum absolute atomic E-state index is 0.192. The Labute approximate surface area is 220 Å². The number of aliphatic hydroxyl groups excluding tert-OH is 2. The van der Waals surface area contributed by atoms with Gasteiger partial charge in [0, 0.05) is 27.1 Å². The van der Waals surface area contributed by atoms with Crippen molar-refractivity contribution in [2.75, 3.05) is 20.7 Å². The molecule has 2 aromatic carbocycles. The summed E-state index contributed by atoms with van der Waals surface area (Å²) in [5.41, 5.74) is 5.18. The number of hydrogen-bond acceptors (Lipinski definition) is 3. The van der Waals surface area contributed by atoms with Gasteiger partial charge >= 0.3 is 0 Å². The van der Waals surface area contributed by atoms with Crippen LogP contribution in [0.15, 0.2) is 48.5 Å². The highest BCUT2D eigenvalue weighted by Gasteiger charge is 2.07. The van der Waals surface area contributed by atoms with Crippen molar-refractivity contribution in [3.8, 4) is 0 Å². The van der Waals surface area contributed by atoms with Gasteiger partial charge in [-0.25, -0.2) is 0 Å². The van der Waals surface area contributed by atoms with Crippen molar-refractivity contribution in [2.24, 2.45) is 0 Å². The molecule has 0 aliphatic heterocycles. The van der Waals surface area contributed by atoms with E-state index in [0.717, 1.165) is 56.9 Å². The van der Waals surface area contributed by atoms with Crippen molar-refractivity contribution < 1.29 is 15.0 Å². The largest absolute Gasteiger partial charge is 0.396 e. The number of aryl methyl sites for hydroxylation is 3. The molecule has 36 heavy (non-hydrogen) atoms. The molecule has 0 aromatic heterocycles. The first-order valence-corrected chi connectivity index (χ1v) is 14.1. The summed E-state index contributed by atoms with van der Waals surface area (Å²) >= 11 is 0. The molecule has 202 valence electrons. The van der Waals surface area contributed by atoms with E-state index in [4.69, 9.17) is 5.11 Å². The minimum atomic E-state index is -0.352. The molecule has 2 N–H and O–H groups in total.